The molecule has 0 radical (unpaired) electrons. The van der Waals surface area contributed by atoms with Crippen molar-refractivity contribution in [2.45, 2.75) is 37.8 Å². The van der Waals surface area contributed by atoms with Crippen LogP contribution in [0.4, 0.5) is 5.82 Å². The lowest BCUT2D eigenvalue weighted by atomic mass is 10.2. The fraction of sp³-hybridized carbons (Fsp3) is 0.444. The second-order valence-corrected chi connectivity index (χ2v) is 9.67. The highest BCUT2D eigenvalue weighted by Gasteiger charge is 2.32. The van der Waals surface area contributed by atoms with Crippen LogP contribution in [0.15, 0.2) is 27.7 Å². The van der Waals surface area contributed by atoms with Gasteiger partial charge in [-0.2, -0.15) is 9.46 Å². The minimum absolute atomic E-state index is 0.0467. The molecule has 1 unspecified atom stereocenters. The quantitative estimate of drug-likeness (QED) is 0.720. The summed E-state index contributed by atoms with van der Waals surface area (Å²) in [6.07, 6.45) is 6.67. The Hall–Kier alpha value is -2.75. The third-order valence-corrected chi connectivity index (χ3v) is 6.92. The largest absolute Gasteiger partial charge is 0.348 e. The number of aromatic amines is 1. The molecule has 0 bridgehead atoms. The van der Waals surface area contributed by atoms with Crippen molar-refractivity contribution in [1.29, 1.82) is 0 Å². The van der Waals surface area contributed by atoms with Gasteiger partial charge in [0.15, 0.2) is 0 Å². The molecule has 0 saturated heterocycles. The molecule has 5 rings (SSSR count). The summed E-state index contributed by atoms with van der Waals surface area (Å²) in [5, 5.41) is 5.34. The predicted molar refractivity (Wildman–Crippen MR) is 104 cm³/mol. The lowest BCUT2D eigenvalue weighted by Crippen LogP contribution is -2.35. The van der Waals surface area contributed by atoms with Crippen molar-refractivity contribution in [2.75, 3.05) is 17.7 Å². The highest BCUT2D eigenvalue weighted by molar-refractivity contribution is 7.93. The van der Waals surface area contributed by atoms with E-state index in [1.165, 1.54) is 6.26 Å². The van der Waals surface area contributed by atoms with Crippen molar-refractivity contribution >= 4 is 32.5 Å². The Morgan fingerprint density at radius 3 is 2.93 bits per heavy atom. The van der Waals surface area contributed by atoms with Gasteiger partial charge in [0.25, 0.3) is 5.91 Å². The first kappa shape index (κ1) is 17.4. The van der Waals surface area contributed by atoms with Gasteiger partial charge in [0.2, 0.25) is 0 Å². The molecule has 1 fully saturated rings. The van der Waals surface area contributed by atoms with Gasteiger partial charge in [-0.15, -0.1) is 0 Å². The zero-order valence-corrected chi connectivity index (χ0v) is 16.6. The van der Waals surface area contributed by atoms with Crippen LogP contribution in [-0.2, 0) is 27.6 Å². The topological polar surface area (TPSA) is 109 Å². The maximum atomic E-state index is 13.2. The molecular formula is C18H21N7O2S. The fourth-order valence-corrected chi connectivity index (χ4v) is 5.06. The van der Waals surface area contributed by atoms with Crippen LogP contribution in [0.3, 0.4) is 0 Å². The standard InChI is InChI=1S/C18H21N7O2S/c1-11-21-16-13(5-6-19-16)17(22-11)24-7-8-25-14(10-24)15(9-20-25)28(2,27)23-18(26)12-3-4-12/h5-6,9,12H,3-4,7-8,10H2,1-2H3,(H,19,21,22). The fourth-order valence-electron chi connectivity index (χ4n) is 3.62. The number of nitrogens with one attached hydrogen (secondary N) is 1. The SMILES string of the molecule is Cc1nc(N2CCn3ncc(S(C)(=O)=NC(=O)C4CC4)c3C2)c2cc[nH]c2n1. The van der Waals surface area contributed by atoms with E-state index < -0.39 is 9.73 Å². The Morgan fingerprint density at radius 2 is 2.14 bits per heavy atom. The van der Waals surface area contributed by atoms with Crippen molar-refractivity contribution in [3.05, 3.63) is 30.0 Å². The van der Waals surface area contributed by atoms with Gasteiger partial charge in [-0.05, 0) is 25.8 Å². The number of anilines is 1. The summed E-state index contributed by atoms with van der Waals surface area (Å²) in [4.78, 5) is 27.0. The number of hydrogen-bond donors (Lipinski definition) is 1. The molecule has 1 atom stereocenters. The Balaban J connectivity index is 1.54. The van der Waals surface area contributed by atoms with Crippen molar-refractivity contribution in [1.82, 2.24) is 24.7 Å². The number of H-pyrrole nitrogens is 1. The zero-order valence-electron chi connectivity index (χ0n) is 15.8. The van der Waals surface area contributed by atoms with E-state index in [0.717, 1.165) is 41.9 Å². The molecule has 3 aromatic rings. The van der Waals surface area contributed by atoms with E-state index in [9.17, 15) is 9.00 Å². The van der Waals surface area contributed by atoms with Crippen molar-refractivity contribution in [2.24, 2.45) is 10.3 Å². The van der Waals surface area contributed by atoms with Gasteiger partial charge in [-0.3, -0.25) is 9.48 Å². The van der Waals surface area contributed by atoms with Gasteiger partial charge >= 0.3 is 0 Å². The van der Waals surface area contributed by atoms with E-state index in [0.29, 0.717) is 23.8 Å². The Kier molecular flexibility index (Phi) is 3.80. The van der Waals surface area contributed by atoms with Gasteiger partial charge in [0, 0.05) is 24.9 Å². The van der Waals surface area contributed by atoms with E-state index in [2.05, 4.69) is 29.3 Å². The summed E-state index contributed by atoms with van der Waals surface area (Å²) >= 11 is 0. The Morgan fingerprint density at radius 1 is 1.32 bits per heavy atom. The van der Waals surface area contributed by atoms with Gasteiger partial charge in [0.1, 0.15) is 17.3 Å². The molecule has 28 heavy (non-hydrogen) atoms. The van der Waals surface area contributed by atoms with E-state index in [-0.39, 0.29) is 11.8 Å². The second-order valence-electron chi connectivity index (χ2n) is 7.44. The van der Waals surface area contributed by atoms with E-state index >= 15 is 0 Å². The molecule has 10 heteroatoms. The van der Waals surface area contributed by atoms with Crippen LogP contribution in [0.1, 0.15) is 24.4 Å². The zero-order chi connectivity index (χ0) is 19.5. The predicted octanol–water partition coefficient (Wildman–Crippen LogP) is 1.88. The average molecular weight is 399 g/mol. The normalized spacial score (nSPS) is 18.7. The molecule has 4 heterocycles. The first-order valence-corrected chi connectivity index (χ1v) is 11.2. The third-order valence-electron chi connectivity index (χ3n) is 5.24. The molecule has 1 N–H and O–H groups in total. The third kappa shape index (κ3) is 2.88. The van der Waals surface area contributed by atoms with Gasteiger partial charge < -0.3 is 9.88 Å². The lowest BCUT2D eigenvalue weighted by molar-refractivity contribution is -0.118. The number of nitrogens with zero attached hydrogens (tertiary/aromatic N) is 6. The summed E-state index contributed by atoms with van der Waals surface area (Å²) in [6, 6.07) is 1.96. The van der Waals surface area contributed by atoms with Crippen LogP contribution in [0.5, 0.6) is 0 Å². The second kappa shape index (κ2) is 6.13. The number of hydrogen-bond acceptors (Lipinski definition) is 6. The summed E-state index contributed by atoms with van der Waals surface area (Å²) in [7, 11) is -2.83. The highest BCUT2D eigenvalue weighted by atomic mass is 32.2. The molecule has 1 saturated carbocycles. The van der Waals surface area contributed by atoms with Gasteiger partial charge in [-0.1, -0.05) is 0 Å². The molecule has 1 amide bonds. The maximum Gasteiger partial charge on any atom is 0.257 e. The summed E-state index contributed by atoms with van der Waals surface area (Å²) < 4.78 is 19.2. The van der Waals surface area contributed by atoms with Crippen molar-refractivity contribution in [3.63, 3.8) is 0 Å². The molecule has 9 nitrogen and oxygen atoms in total. The number of carbonyl (C=O) groups excluding carboxylic acids is 1. The van der Waals surface area contributed by atoms with E-state index in [1.54, 1.807) is 6.20 Å². The first-order chi connectivity index (χ1) is 13.4. The van der Waals surface area contributed by atoms with Crippen LogP contribution in [0.25, 0.3) is 11.0 Å². The van der Waals surface area contributed by atoms with E-state index in [4.69, 9.17) is 0 Å². The molecule has 1 aliphatic carbocycles. The average Bonchev–Trinajstić information content (AvgIpc) is 3.25. The van der Waals surface area contributed by atoms with Crippen LogP contribution < -0.4 is 4.90 Å². The number of carbonyl (C=O) groups is 1. The summed E-state index contributed by atoms with van der Waals surface area (Å²) in [5.74, 6) is 1.24. The molecule has 1 aliphatic heterocycles. The summed E-state index contributed by atoms with van der Waals surface area (Å²) in [5.41, 5.74) is 1.62. The summed E-state index contributed by atoms with van der Waals surface area (Å²) in [6.45, 7) is 3.75. The Bertz CT molecular complexity index is 1210. The molecule has 0 spiro atoms. The maximum absolute atomic E-state index is 13.2. The molecule has 146 valence electrons. The molecule has 0 aromatic carbocycles. The minimum atomic E-state index is -2.83. The molecule has 2 aliphatic rings. The number of aromatic nitrogens is 5. The number of amides is 1. The van der Waals surface area contributed by atoms with Crippen LogP contribution in [0, 0.1) is 12.8 Å². The van der Waals surface area contributed by atoms with Crippen molar-refractivity contribution < 1.29 is 9.00 Å². The Labute approximate surface area is 162 Å². The van der Waals surface area contributed by atoms with Crippen LogP contribution in [-0.4, -0.2) is 47.6 Å². The monoisotopic (exact) mass is 399 g/mol. The van der Waals surface area contributed by atoms with Crippen molar-refractivity contribution in [3.8, 4) is 0 Å². The lowest BCUT2D eigenvalue weighted by Gasteiger charge is -2.30. The van der Waals surface area contributed by atoms with Crippen LogP contribution >= 0.6 is 0 Å². The van der Waals surface area contributed by atoms with E-state index in [1.807, 2.05) is 23.9 Å². The van der Waals surface area contributed by atoms with Gasteiger partial charge in [0.05, 0.1) is 45.0 Å². The molecule has 3 aromatic heterocycles. The number of aryl methyl sites for hydroxylation is 1. The first-order valence-electron chi connectivity index (χ1n) is 9.30. The van der Waals surface area contributed by atoms with Gasteiger partial charge in [-0.25, -0.2) is 14.2 Å². The van der Waals surface area contributed by atoms with Crippen LogP contribution in [0.2, 0.25) is 0 Å². The smallest absolute Gasteiger partial charge is 0.257 e. The number of rotatable bonds is 3. The highest BCUT2D eigenvalue weighted by Crippen LogP contribution is 2.32. The minimum Gasteiger partial charge on any atom is -0.348 e. The number of fused-ring (bicyclic) bond motifs is 2. The molecular weight excluding hydrogens is 378 g/mol.